The van der Waals surface area contributed by atoms with E-state index >= 15 is 0 Å². The number of hydrogen-bond donors (Lipinski definition) is 1. The Morgan fingerprint density at radius 3 is 3.06 bits per heavy atom. The van der Waals surface area contributed by atoms with E-state index in [-0.39, 0.29) is 0 Å². The highest BCUT2D eigenvalue weighted by atomic mass is 35.5. The second kappa shape index (κ2) is 5.09. The molecule has 1 aromatic heterocycles. The van der Waals surface area contributed by atoms with Crippen molar-refractivity contribution >= 4 is 11.6 Å². The van der Waals surface area contributed by atoms with Gasteiger partial charge in [0.2, 0.25) is 0 Å². The van der Waals surface area contributed by atoms with Gasteiger partial charge in [-0.3, -0.25) is 0 Å². The minimum Gasteiger partial charge on any atom is -0.334 e. The monoisotopic (exact) mass is 237 g/mol. The van der Waals surface area contributed by atoms with Crippen LogP contribution in [0.4, 0.5) is 0 Å². The Morgan fingerprint density at radius 2 is 2.31 bits per heavy atom. The van der Waals surface area contributed by atoms with Crippen molar-refractivity contribution in [1.29, 1.82) is 0 Å². The number of nitrogens with one attached hydrogen (secondary N) is 1. The van der Waals surface area contributed by atoms with E-state index in [0.717, 1.165) is 12.1 Å². The first kappa shape index (κ1) is 11.1. The Balaban J connectivity index is 2.18. The lowest BCUT2D eigenvalue weighted by Crippen LogP contribution is -2.12. The molecule has 84 valence electrons. The minimum absolute atomic E-state index is 0.496. The average molecular weight is 238 g/mol. The van der Waals surface area contributed by atoms with Crippen molar-refractivity contribution in [3.05, 3.63) is 35.1 Å². The number of nitrogens with zero attached hydrogens (tertiary/aromatic N) is 2. The van der Waals surface area contributed by atoms with Crippen LogP contribution in [-0.4, -0.2) is 16.7 Å². The summed E-state index contributed by atoms with van der Waals surface area (Å²) in [6.07, 6.45) is 0. The van der Waals surface area contributed by atoms with Gasteiger partial charge in [-0.25, -0.2) is 0 Å². The lowest BCUT2D eigenvalue weighted by atomic mass is 10.2. The molecule has 0 radical (unpaired) electrons. The molecular weight excluding hydrogens is 226 g/mol. The third-order valence-corrected chi connectivity index (χ3v) is 2.31. The normalized spacial score (nSPS) is 10.6. The molecule has 0 aliphatic rings. The zero-order valence-corrected chi connectivity index (χ0v) is 9.66. The van der Waals surface area contributed by atoms with Crippen LogP contribution < -0.4 is 5.32 Å². The van der Waals surface area contributed by atoms with Gasteiger partial charge in [-0.15, -0.1) is 0 Å². The first-order chi connectivity index (χ1) is 7.79. The maximum Gasteiger partial charge on any atom is 0.258 e. The lowest BCUT2D eigenvalue weighted by molar-refractivity contribution is 0.420. The number of benzene rings is 1. The summed E-state index contributed by atoms with van der Waals surface area (Å²) < 4.78 is 5.14. The second-order valence-electron chi connectivity index (χ2n) is 3.31. The van der Waals surface area contributed by atoms with Crippen molar-refractivity contribution in [3.8, 4) is 11.5 Å². The number of halogens is 1. The molecule has 0 atom stereocenters. The molecule has 0 fully saturated rings. The molecule has 2 rings (SSSR count). The molecule has 0 saturated carbocycles. The molecule has 2 aromatic rings. The zero-order chi connectivity index (χ0) is 11.4. The van der Waals surface area contributed by atoms with Crippen molar-refractivity contribution in [2.75, 3.05) is 6.54 Å². The van der Waals surface area contributed by atoms with Crippen molar-refractivity contribution in [2.45, 2.75) is 13.5 Å². The van der Waals surface area contributed by atoms with Crippen LogP contribution in [-0.2, 0) is 6.54 Å². The lowest BCUT2D eigenvalue weighted by Gasteiger charge is -1.94. The highest BCUT2D eigenvalue weighted by molar-refractivity contribution is 6.30. The van der Waals surface area contributed by atoms with Gasteiger partial charge in [0.15, 0.2) is 5.82 Å². The fourth-order valence-electron chi connectivity index (χ4n) is 1.30. The van der Waals surface area contributed by atoms with E-state index in [1.807, 2.05) is 19.1 Å². The standard InChI is InChI=1S/C11H12ClN3O/c1-2-13-7-10-14-11(16-15-10)8-4-3-5-9(12)6-8/h3-6,13H,2,7H2,1H3. The Morgan fingerprint density at radius 1 is 1.44 bits per heavy atom. The summed E-state index contributed by atoms with van der Waals surface area (Å²) in [4.78, 5) is 4.26. The van der Waals surface area contributed by atoms with E-state index in [9.17, 15) is 0 Å². The first-order valence-electron chi connectivity index (χ1n) is 5.09. The van der Waals surface area contributed by atoms with Crippen LogP contribution in [0.25, 0.3) is 11.5 Å². The highest BCUT2D eigenvalue weighted by Crippen LogP contribution is 2.20. The molecular formula is C11H12ClN3O. The summed E-state index contributed by atoms with van der Waals surface area (Å²) in [6, 6.07) is 7.34. The summed E-state index contributed by atoms with van der Waals surface area (Å²) in [5, 5.41) is 7.65. The van der Waals surface area contributed by atoms with E-state index < -0.39 is 0 Å². The Kier molecular flexibility index (Phi) is 3.54. The smallest absolute Gasteiger partial charge is 0.258 e. The number of rotatable bonds is 4. The predicted molar refractivity (Wildman–Crippen MR) is 62.1 cm³/mol. The predicted octanol–water partition coefficient (Wildman–Crippen LogP) is 2.50. The van der Waals surface area contributed by atoms with Gasteiger partial charge < -0.3 is 9.84 Å². The molecule has 16 heavy (non-hydrogen) atoms. The van der Waals surface area contributed by atoms with Gasteiger partial charge in [0, 0.05) is 10.6 Å². The molecule has 1 N–H and O–H groups in total. The quantitative estimate of drug-likeness (QED) is 0.888. The van der Waals surface area contributed by atoms with Gasteiger partial charge in [0.05, 0.1) is 6.54 Å². The van der Waals surface area contributed by atoms with Gasteiger partial charge in [-0.2, -0.15) is 4.98 Å². The van der Waals surface area contributed by atoms with Crippen LogP contribution in [0.3, 0.4) is 0 Å². The molecule has 0 bridgehead atoms. The van der Waals surface area contributed by atoms with E-state index in [4.69, 9.17) is 16.1 Å². The topological polar surface area (TPSA) is 51.0 Å². The van der Waals surface area contributed by atoms with Crippen LogP contribution in [0, 0.1) is 0 Å². The van der Waals surface area contributed by atoms with Gasteiger partial charge in [-0.1, -0.05) is 29.7 Å². The molecule has 1 aromatic carbocycles. The van der Waals surface area contributed by atoms with Crippen LogP contribution in [0.15, 0.2) is 28.8 Å². The summed E-state index contributed by atoms with van der Waals surface area (Å²) in [6.45, 7) is 3.51. The second-order valence-corrected chi connectivity index (χ2v) is 3.74. The van der Waals surface area contributed by atoms with E-state index in [1.54, 1.807) is 12.1 Å². The summed E-state index contributed by atoms with van der Waals surface area (Å²) in [5.41, 5.74) is 0.836. The number of aromatic nitrogens is 2. The number of hydrogen-bond acceptors (Lipinski definition) is 4. The van der Waals surface area contributed by atoms with E-state index in [0.29, 0.717) is 23.3 Å². The Hall–Kier alpha value is -1.39. The molecule has 0 aliphatic carbocycles. The first-order valence-corrected chi connectivity index (χ1v) is 5.46. The molecule has 0 aliphatic heterocycles. The Bertz CT molecular complexity index is 470. The SMILES string of the molecule is CCNCc1noc(-c2cccc(Cl)c2)n1. The summed E-state index contributed by atoms with van der Waals surface area (Å²) in [7, 11) is 0. The van der Waals surface area contributed by atoms with Crippen molar-refractivity contribution in [3.63, 3.8) is 0 Å². The van der Waals surface area contributed by atoms with E-state index in [2.05, 4.69) is 15.5 Å². The molecule has 1 heterocycles. The van der Waals surface area contributed by atoms with Crippen LogP contribution in [0.2, 0.25) is 5.02 Å². The molecule has 0 unspecified atom stereocenters. The summed E-state index contributed by atoms with van der Waals surface area (Å²) in [5.74, 6) is 1.15. The van der Waals surface area contributed by atoms with Gasteiger partial charge in [0.1, 0.15) is 0 Å². The largest absolute Gasteiger partial charge is 0.334 e. The molecule has 5 heteroatoms. The molecule has 0 spiro atoms. The van der Waals surface area contributed by atoms with Gasteiger partial charge in [-0.05, 0) is 24.7 Å². The van der Waals surface area contributed by atoms with Crippen LogP contribution in [0.5, 0.6) is 0 Å². The maximum absolute atomic E-state index is 5.88. The third kappa shape index (κ3) is 2.59. The Labute approximate surface area is 98.6 Å². The molecule has 4 nitrogen and oxygen atoms in total. The van der Waals surface area contributed by atoms with Crippen molar-refractivity contribution in [2.24, 2.45) is 0 Å². The molecule has 0 saturated heterocycles. The zero-order valence-electron chi connectivity index (χ0n) is 8.90. The van der Waals surface area contributed by atoms with Crippen molar-refractivity contribution < 1.29 is 4.52 Å². The fourth-order valence-corrected chi connectivity index (χ4v) is 1.49. The highest BCUT2D eigenvalue weighted by Gasteiger charge is 2.08. The average Bonchev–Trinajstić information content (AvgIpc) is 2.75. The summed E-state index contributed by atoms with van der Waals surface area (Å²) >= 11 is 5.88. The van der Waals surface area contributed by atoms with Crippen LogP contribution >= 0.6 is 11.6 Å². The van der Waals surface area contributed by atoms with Crippen molar-refractivity contribution in [1.82, 2.24) is 15.5 Å². The van der Waals surface area contributed by atoms with E-state index in [1.165, 1.54) is 0 Å². The van der Waals surface area contributed by atoms with Crippen LogP contribution in [0.1, 0.15) is 12.7 Å². The molecule has 0 amide bonds. The van der Waals surface area contributed by atoms with Gasteiger partial charge in [0.25, 0.3) is 5.89 Å². The fraction of sp³-hybridized carbons (Fsp3) is 0.273. The third-order valence-electron chi connectivity index (χ3n) is 2.07. The van der Waals surface area contributed by atoms with Gasteiger partial charge >= 0.3 is 0 Å². The minimum atomic E-state index is 0.496. The maximum atomic E-state index is 5.88.